The van der Waals surface area contributed by atoms with Gasteiger partial charge in [0, 0.05) is 34.4 Å². The van der Waals surface area contributed by atoms with Crippen LogP contribution in [0.5, 0.6) is 0 Å². The van der Waals surface area contributed by atoms with Crippen molar-refractivity contribution in [2.45, 2.75) is 38.0 Å². The van der Waals surface area contributed by atoms with E-state index >= 15 is 0 Å². The van der Waals surface area contributed by atoms with Crippen LogP contribution >= 0.6 is 28.3 Å². The van der Waals surface area contributed by atoms with Crippen molar-refractivity contribution < 1.29 is 0 Å². The van der Waals surface area contributed by atoms with E-state index in [2.05, 4.69) is 104 Å². The Bertz CT molecular complexity index is 1330. The summed E-state index contributed by atoms with van der Waals surface area (Å²) in [6.45, 7) is 3.66. The number of piperidine rings is 1. The number of benzene rings is 3. The zero-order valence-electron chi connectivity index (χ0n) is 20.9. The van der Waals surface area contributed by atoms with Crippen LogP contribution in [0.3, 0.4) is 0 Å². The highest BCUT2D eigenvalue weighted by Gasteiger charge is 2.27. The second-order valence-corrected chi connectivity index (χ2v) is 10.9. The molecule has 0 amide bonds. The highest BCUT2D eigenvalue weighted by molar-refractivity contribution is 9.10. The largest absolute Gasteiger partial charge is 0.324 e. The summed E-state index contributed by atoms with van der Waals surface area (Å²) in [5, 5.41) is 3.43. The molecule has 0 saturated carbocycles. The van der Waals surface area contributed by atoms with Crippen LogP contribution in [-0.2, 0) is 12.8 Å². The number of nitrogens with zero attached hydrogens (tertiary/aromatic N) is 3. The first kappa shape index (κ1) is 25.9. The van der Waals surface area contributed by atoms with Crippen molar-refractivity contribution in [2.24, 2.45) is 0 Å². The molecular formula is C31H32BrClN4. The monoisotopic (exact) mass is 574 g/mol. The number of rotatable bonds is 6. The van der Waals surface area contributed by atoms with E-state index in [1.165, 1.54) is 60.2 Å². The number of fused-ring (bicyclic) bond motifs is 3. The molecule has 1 aliphatic heterocycles. The van der Waals surface area contributed by atoms with E-state index in [9.17, 15) is 0 Å². The number of hydrogen-bond acceptors (Lipinski definition) is 4. The van der Waals surface area contributed by atoms with E-state index in [0.29, 0.717) is 11.9 Å². The summed E-state index contributed by atoms with van der Waals surface area (Å²) in [7, 11) is 0. The Morgan fingerprint density at radius 1 is 0.892 bits per heavy atom. The Balaban J connectivity index is 0.00000280. The Labute approximate surface area is 234 Å². The van der Waals surface area contributed by atoms with Gasteiger partial charge in [0.05, 0.1) is 5.69 Å². The molecule has 4 aromatic rings. The van der Waals surface area contributed by atoms with Gasteiger partial charge in [0.15, 0.2) is 0 Å². The molecule has 0 bridgehead atoms. The fourth-order valence-electron chi connectivity index (χ4n) is 5.54. The lowest BCUT2D eigenvalue weighted by molar-refractivity contribution is 0.231. The third-order valence-electron chi connectivity index (χ3n) is 7.53. The van der Waals surface area contributed by atoms with Crippen LogP contribution in [0.4, 0.5) is 11.6 Å². The van der Waals surface area contributed by atoms with E-state index in [1.807, 2.05) is 6.20 Å². The first-order valence-electron chi connectivity index (χ1n) is 13.0. The SMILES string of the molecule is Brc1ccc(C2Cc3cnc(Nc4ccc(CCN5CCCCC5)cc4)nc3-c3ccccc32)cc1.Cl. The third kappa shape index (κ3) is 5.90. The van der Waals surface area contributed by atoms with Gasteiger partial charge in [-0.3, -0.25) is 0 Å². The van der Waals surface area contributed by atoms with Crippen LogP contribution in [0.25, 0.3) is 11.3 Å². The van der Waals surface area contributed by atoms with Crippen molar-refractivity contribution in [2.75, 3.05) is 25.0 Å². The Morgan fingerprint density at radius 3 is 2.43 bits per heavy atom. The molecule has 190 valence electrons. The van der Waals surface area contributed by atoms with Gasteiger partial charge >= 0.3 is 0 Å². The van der Waals surface area contributed by atoms with Crippen molar-refractivity contribution in [3.8, 4) is 11.3 Å². The number of likely N-dealkylation sites (tertiary alicyclic amines) is 1. The Hall–Kier alpha value is -2.73. The zero-order chi connectivity index (χ0) is 24.3. The van der Waals surface area contributed by atoms with Crippen molar-refractivity contribution in [3.63, 3.8) is 0 Å². The third-order valence-corrected chi connectivity index (χ3v) is 8.06. The molecule has 0 spiro atoms. The molecule has 1 saturated heterocycles. The van der Waals surface area contributed by atoms with Gasteiger partial charge < -0.3 is 10.2 Å². The smallest absolute Gasteiger partial charge is 0.227 e. The molecule has 3 aromatic carbocycles. The van der Waals surface area contributed by atoms with Crippen molar-refractivity contribution in [3.05, 3.63) is 106 Å². The van der Waals surface area contributed by atoms with Gasteiger partial charge in [-0.15, -0.1) is 12.4 Å². The second-order valence-electron chi connectivity index (χ2n) is 9.94. The molecule has 6 heteroatoms. The predicted octanol–water partition coefficient (Wildman–Crippen LogP) is 7.79. The van der Waals surface area contributed by atoms with Crippen LogP contribution in [-0.4, -0.2) is 34.5 Å². The zero-order valence-corrected chi connectivity index (χ0v) is 23.3. The summed E-state index contributed by atoms with van der Waals surface area (Å²) >= 11 is 3.56. The molecule has 1 aromatic heterocycles. The number of halogens is 2. The van der Waals surface area contributed by atoms with E-state index in [0.717, 1.165) is 35.2 Å². The summed E-state index contributed by atoms with van der Waals surface area (Å²) in [6, 6.07) is 26.1. The average Bonchev–Trinajstić information content (AvgIpc) is 2.93. The van der Waals surface area contributed by atoms with Crippen LogP contribution in [0.1, 0.15) is 47.4 Å². The van der Waals surface area contributed by atoms with E-state index in [4.69, 9.17) is 4.98 Å². The molecule has 0 radical (unpaired) electrons. The lowest BCUT2D eigenvalue weighted by Gasteiger charge is -2.27. The van der Waals surface area contributed by atoms with E-state index in [-0.39, 0.29) is 12.4 Å². The lowest BCUT2D eigenvalue weighted by atomic mass is 9.78. The number of anilines is 2. The highest BCUT2D eigenvalue weighted by Crippen LogP contribution is 2.42. The molecule has 37 heavy (non-hydrogen) atoms. The highest BCUT2D eigenvalue weighted by atomic mass is 79.9. The van der Waals surface area contributed by atoms with Gasteiger partial charge in [-0.25, -0.2) is 9.97 Å². The fraction of sp³-hybridized carbons (Fsp3) is 0.290. The quantitative estimate of drug-likeness (QED) is 0.255. The molecule has 4 nitrogen and oxygen atoms in total. The van der Waals surface area contributed by atoms with Crippen molar-refractivity contribution >= 4 is 40.0 Å². The van der Waals surface area contributed by atoms with Crippen LogP contribution in [0.2, 0.25) is 0 Å². The number of nitrogens with one attached hydrogen (secondary N) is 1. The van der Waals surface area contributed by atoms with E-state index < -0.39 is 0 Å². The Kier molecular flexibility index (Phi) is 8.23. The van der Waals surface area contributed by atoms with Gasteiger partial charge in [-0.2, -0.15) is 0 Å². The van der Waals surface area contributed by atoms with Gasteiger partial charge in [0.2, 0.25) is 5.95 Å². The number of hydrogen-bond donors (Lipinski definition) is 1. The topological polar surface area (TPSA) is 41.1 Å². The maximum absolute atomic E-state index is 4.98. The normalized spacial score (nSPS) is 16.8. The van der Waals surface area contributed by atoms with Crippen LogP contribution in [0, 0.1) is 0 Å². The standard InChI is InChI=1S/C31H31BrN4.ClH/c32-25-12-10-23(11-13-25)29-20-24-21-33-31(35-30(24)28-7-3-2-6-27(28)29)34-26-14-8-22(9-15-26)16-19-36-17-4-1-5-18-36;/h2-3,6-15,21,29H,1,4-5,16-20H2,(H,33,34,35);1H. The maximum atomic E-state index is 4.98. The minimum atomic E-state index is 0. The summed E-state index contributed by atoms with van der Waals surface area (Å²) in [5.41, 5.74) is 8.48. The lowest BCUT2D eigenvalue weighted by Crippen LogP contribution is -2.31. The average molecular weight is 576 g/mol. The fourth-order valence-corrected chi connectivity index (χ4v) is 5.81. The summed E-state index contributed by atoms with van der Waals surface area (Å²) in [5.74, 6) is 0.952. The molecular weight excluding hydrogens is 544 g/mol. The first-order valence-corrected chi connectivity index (χ1v) is 13.8. The molecule has 1 fully saturated rings. The minimum Gasteiger partial charge on any atom is -0.324 e. The van der Waals surface area contributed by atoms with Gasteiger partial charge in [0.1, 0.15) is 0 Å². The maximum Gasteiger partial charge on any atom is 0.227 e. The second kappa shape index (κ2) is 11.8. The summed E-state index contributed by atoms with van der Waals surface area (Å²) in [4.78, 5) is 12.3. The molecule has 1 N–H and O–H groups in total. The molecule has 1 aliphatic carbocycles. The molecule has 6 rings (SSSR count). The Morgan fingerprint density at radius 2 is 1.65 bits per heavy atom. The van der Waals surface area contributed by atoms with Crippen LogP contribution in [0.15, 0.2) is 83.5 Å². The van der Waals surface area contributed by atoms with Crippen LogP contribution < -0.4 is 5.32 Å². The van der Waals surface area contributed by atoms with Gasteiger partial charge in [-0.05, 0) is 85.3 Å². The number of aromatic nitrogens is 2. The molecule has 1 atom stereocenters. The van der Waals surface area contributed by atoms with Gasteiger partial charge in [0.25, 0.3) is 0 Å². The predicted molar refractivity (Wildman–Crippen MR) is 158 cm³/mol. The van der Waals surface area contributed by atoms with E-state index in [1.54, 1.807) is 0 Å². The minimum absolute atomic E-state index is 0. The molecule has 2 heterocycles. The molecule has 2 aliphatic rings. The molecule has 1 unspecified atom stereocenters. The van der Waals surface area contributed by atoms with Crippen molar-refractivity contribution in [1.82, 2.24) is 14.9 Å². The van der Waals surface area contributed by atoms with Gasteiger partial charge in [-0.1, -0.05) is 70.9 Å². The first-order chi connectivity index (χ1) is 17.7. The summed E-state index contributed by atoms with van der Waals surface area (Å²) in [6.07, 6.45) is 8.09. The summed E-state index contributed by atoms with van der Waals surface area (Å²) < 4.78 is 1.10. The van der Waals surface area contributed by atoms with Crippen molar-refractivity contribution in [1.29, 1.82) is 0 Å².